The third-order valence-electron chi connectivity index (χ3n) is 11.8. The Bertz CT molecular complexity index is 3390. The van der Waals surface area contributed by atoms with Gasteiger partial charge >= 0.3 is 0 Å². The summed E-state index contributed by atoms with van der Waals surface area (Å²) in [7, 11) is 0. The molecule has 0 bridgehead atoms. The molecule has 0 aliphatic carbocycles. The number of benzene rings is 8. The van der Waals surface area contributed by atoms with Crippen molar-refractivity contribution in [2.24, 2.45) is 0 Å². The van der Waals surface area contributed by atoms with Crippen molar-refractivity contribution < 1.29 is 0 Å². The molecule has 5 heteroatoms. The number of rotatable bonds is 8. The Labute approximate surface area is 371 Å². The smallest absolute Gasteiger partial charge is 0.164 e. The highest BCUT2D eigenvalue weighted by Gasteiger charge is 2.19. The molecule has 0 spiro atoms. The highest BCUT2D eigenvalue weighted by molar-refractivity contribution is 7.25. The van der Waals surface area contributed by atoms with Crippen molar-refractivity contribution in [3.05, 3.63) is 218 Å². The lowest BCUT2D eigenvalue weighted by atomic mass is 9.84. The molecule has 0 unspecified atom stereocenters. The standard InChI is InChI=1S/C58H40N4S/c1-37-25-31-48(38(2)59-37)44-21-14-22-45(33-44)57-60-56(61-58(62-57)46-30-32-50-49-23-12-13-24-53(49)63-54(50)36-46)43-28-26-42(27-29-43)55-51(40-17-8-4-9-18-40)34-47(39-15-6-3-7-16-39)35-52(55)41-19-10-5-11-20-41/h3-36H,1-2H3. The van der Waals surface area contributed by atoms with Gasteiger partial charge in [-0.1, -0.05) is 170 Å². The maximum absolute atomic E-state index is 5.21. The van der Waals surface area contributed by atoms with E-state index in [-0.39, 0.29) is 0 Å². The summed E-state index contributed by atoms with van der Waals surface area (Å²) >= 11 is 1.79. The SMILES string of the molecule is Cc1ccc(-c2cccc(-c3nc(-c4ccc(-c5c(-c6ccccc6)cc(-c6ccccc6)cc5-c5ccccc5)cc4)nc(-c4ccc5c(c4)sc4ccccc45)n3)c2)c(C)n1. The maximum atomic E-state index is 5.21. The minimum atomic E-state index is 0.613. The summed E-state index contributed by atoms with van der Waals surface area (Å²) in [4.78, 5) is 20.4. The zero-order chi connectivity index (χ0) is 42.3. The topological polar surface area (TPSA) is 51.6 Å². The van der Waals surface area contributed by atoms with Crippen LogP contribution in [0, 0.1) is 13.8 Å². The van der Waals surface area contributed by atoms with Crippen molar-refractivity contribution in [1.29, 1.82) is 0 Å². The van der Waals surface area contributed by atoms with Gasteiger partial charge in [-0.05, 0) is 100 Å². The molecule has 3 aromatic heterocycles. The van der Waals surface area contributed by atoms with E-state index in [0.717, 1.165) is 55.9 Å². The Morgan fingerprint density at radius 3 is 1.46 bits per heavy atom. The van der Waals surface area contributed by atoms with Crippen LogP contribution in [0.3, 0.4) is 0 Å². The summed E-state index contributed by atoms with van der Waals surface area (Å²) in [6.45, 7) is 4.08. The molecule has 11 aromatic rings. The maximum Gasteiger partial charge on any atom is 0.164 e. The van der Waals surface area contributed by atoms with E-state index in [0.29, 0.717) is 17.5 Å². The van der Waals surface area contributed by atoms with Crippen molar-refractivity contribution in [2.75, 3.05) is 0 Å². The fraction of sp³-hybridized carbons (Fsp3) is 0.0345. The van der Waals surface area contributed by atoms with Gasteiger partial charge < -0.3 is 0 Å². The predicted molar refractivity (Wildman–Crippen MR) is 263 cm³/mol. The van der Waals surface area contributed by atoms with E-state index < -0.39 is 0 Å². The summed E-state index contributed by atoms with van der Waals surface area (Å²) in [5, 5.41) is 2.50. The molecule has 0 radical (unpaired) electrons. The quantitative estimate of drug-likeness (QED) is 0.153. The van der Waals surface area contributed by atoms with Gasteiger partial charge in [0.1, 0.15) is 0 Å². The van der Waals surface area contributed by atoms with E-state index in [2.05, 4.69) is 213 Å². The molecule has 4 nitrogen and oxygen atoms in total. The van der Waals surface area contributed by atoms with E-state index in [1.165, 1.54) is 48.0 Å². The minimum Gasteiger partial charge on any atom is -0.258 e. The molecular formula is C58H40N4S. The largest absolute Gasteiger partial charge is 0.258 e. The lowest BCUT2D eigenvalue weighted by molar-refractivity contribution is 1.07. The van der Waals surface area contributed by atoms with Crippen LogP contribution < -0.4 is 0 Å². The highest BCUT2D eigenvalue weighted by Crippen LogP contribution is 2.44. The molecule has 63 heavy (non-hydrogen) atoms. The average Bonchev–Trinajstić information content (AvgIpc) is 3.72. The number of hydrogen-bond acceptors (Lipinski definition) is 5. The molecule has 0 aliphatic rings. The summed E-state index contributed by atoms with van der Waals surface area (Å²) in [5.74, 6) is 1.86. The van der Waals surface area contributed by atoms with Gasteiger partial charge in [-0.3, -0.25) is 4.98 Å². The molecule has 0 fully saturated rings. The van der Waals surface area contributed by atoms with Gasteiger partial charge in [0.25, 0.3) is 0 Å². The van der Waals surface area contributed by atoms with Gasteiger partial charge in [-0.15, -0.1) is 11.3 Å². The molecule has 0 saturated heterocycles. The molecule has 0 N–H and O–H groups in total. The first-order valence-electron chi connectivity index (χ1n) is 21.2. The van der Waals surface area contributed by atoms with E-state index >= 15 is 0 Å². The van der Waals surface area contributed by atoms with Gasteiger partial charge in [0.2, 0.25) is 0 Å². The Hall–Kier alpha value is -7.86. The molecule has 298 valence electrons. The lowest BCUT2D eigenvalue weighted by Gasteiger charge is -2.19. The van der Waals surface area contributed by atoms with Crippen LogP contribution in [0.2, 0.25) is 0 Å². The normalized spacial score (nSPS) is 11.3. The molecule has 0 atom stereocenters. The first-order valence-corrected chi connectivity index (χ1v) is 22.0. The van der Waals surface area contributed by atoms with Crippen molar-refractivity contribution in [3.63, 3.8) is 0 Å². The van der Waals surface area contributed by atoms with Crippen LogP contribution in [0.5, 0.6) is 0 Å². The first kappa shape index (κ1) is 38.1. The molecule has 8 aromatic carbocycles. The van der Waals surface area contributed by atoms with Gasteiger partial charge in [-0.2, -0.15) is 0 Å². The zero-order valence-corrected chi connectivity index (χ0v) is 35.6. The Morgan fingerprint density at radius 2 is 0.810 bits per heavy atom. The van der Waals surface area contributed by atoms with E-state index in [4.69, 9.17) is 19.9 Å². The van der Waals surface area contributed by atoms with Crippen molar-refractivity contribution in [3.8, 4) is 89.8 Å². The fourth-order valence-electron chi connectivity index (χ4n) is 8.67. The average molecular weight is 825 g/mol. The second-order valence-corrected chi connectivity index (χ2v) is 17.0. The van der Waals surface area contributed by atoms with Crippen LogP contribution in [0.1, 0.15) is 11.4 Å². The third-order valence-corrected chi connectivity index (χ3v) is 12.9. The van der Waals surface area contributed by atoms with E-state index in [1.807, 2.05) is 6.92 Å². The molecule has 11 rings (SSSR count). The summed E-state index contributed by atoms with van der Waals surface area (Å²) < 4.78 is 2.47. The first-order chi connectivity index (χ1) is 31.0. The summed E-state index contributed by atoms with van der Waals surface area (Å²) in [6.07, 6.45) is 0. The second kappa shape index (κ2) is 16.2. The van der Waals surface area contributed by atoms with E-state index in [1.54, 1.807) is 11.3 Å². The lowest BCUT2D eigenvalue weighted by Crippen LogP contribution is -2.00. The fourth-order valence-corrected chi connectivity index (χ4v) is 9.82. The second-order valence-electron chi connectivity index (χ2n) is 15.9. The predicted octanol–water partition coefficient (Wildman–Crippen LogP) is 15.6. The van der Waals surface area contributed by atoms with Crippen molar-refractivity contribution in [1.82, 2.24) is 19.9 Å². The molecule has 0 amide bonds. The number of pyridine rings is 1. The number of hydrogen-bond donors (Lipinski definition) is 0. The van der Waals surface area contributed by atoms with Crippen LogP contribution in [-0.4, -0.2) is 19.9 Å². The monoisotopic (exact) mass is 824 g/mol. The minimum absolute atomic E-state index is 0.613. The Morgan fingerprint density at radius 1 is 0.302 bits per heavy atom. The van der Waals surface area contributed by atoms with Crippen molar-refractivity contribution in [2.45, 2.75) is 13.8 Å². The van der Waals surface area contributed by atoms with Crippen LogP contribution in [0.15, 0.2) is 206 Å². The van der Waals surface area contributed by atoms with Crippen LogP contribution in [0.25, 0.3) is 110 Å². The number of thiophene rings is 1. The highest BCUT2D eigenvalue weighted by atomic mass is 32.1. The number of aromatic nitrogens is 4. The van der Waals surface area contributed by atoms with Gasteiger partial charge in [0, 0.05) is 53.8 Å². The zero-order valence-electron chi connectivity index (χ0n) is 34.8. The number of nitrogens with zero attached hydrogens (tertiary/aromatic N) is 4. The molecule has 3 heterocycles. The summed E-state index contributed by atoms with van der Waals surface area (Å²) in [6, 6.07) is 73.2. The number of aryl methyl sites for hydroxylation is 2. The van der Waals surface area contributed by atoms with E-state index in [9.17, 15) is 0 Å². The van der Waals surface area contributed by atoms with Crippen molar-refractivity contribution >= 4 is 31.5 Å². The Balaban J connectivity index is 1.07. The Kier molecular flexibility index (Phi) is 9.80. The summed E-state index contributed by atoms with van der Waals surface area (Å²) in [5.41, 5.74) is 16.2. The molecular weight excluding hydrogens is 785 g/mol. The molecule has 0 aliphatic heterocycles. The van der Waals surface area contributed by atoms with Gasteiger partial charge in [-0.25, -0.2) is 15.0 Å². The van der Waals surface area contributed by atoms with Gasteiger partial charge in [0.15, 0.2) is 17.5 Å². The number of fused-ring (bicyclic) bond motifs is 3. The molecule has 0 saturated carbocycles. The van der Waals surface area contributed by atoms with Crippen LogP contribution >= 0.6 is 11.3 Å². The van der Waals surface area contributed by atoms with Crippen LogP contribution in [-0.2, 0) is 0 Å². The van der Waals surface area contributed by atoms with Crippen LogP contribution in [0.4, 0.5) is 0 Å². The third kappa shape index (κ3) is 7.39. The van der Waals surface area contributed by atoms with Gasteiger partial charge in [0.05, 0.1) is 0 Å².